The number of nitrogens with zero attached hydrogens (tertiary/aromatic N) is 2. The van der Waals surface area contributed by atoms with Crippen molar-refractivity contribution in [3.05, 3.63) is 28.3 Å². The van der Waals surface area contributed by atoms with Gasteiger partial charge in [-0.1, -0.05) is 0 Å². The molecule has 1 aromatic rings. The number of methoxy groups -OCH3 is 1. The van der Waals surface area contributed by atoms with Crippen LogP contribution in [-0.4, -0.2) is 34.7 Å². The Bertz CT molecular complexity index is 425. The number of hydrogen-bond acceptors (Lipinski definition) is 6. The highest BCUT2D eigenvalue weighted by Gasteiger charge is 2.21. The fourth-order valence-corrected chi connectivity index (χ4v) is 1.72. The van der Waals surface area contributed by atoms with Crippen LogP contribution in [0.3, 0.4) is 0 Å². The molecule has 0 amide bonds. The Morgan fingerprint density at radius 2 is 1.89 bits per heavy atom. The molecule has 0 aromatic heterocycles. The van der Waals surface area contributed by atoms with Crippen LogP contribution in [0.4, 0.5) is 11.4 Å². The summed E-state index contributed by atoms with van der Waals surface area (Å²) < 4.78 is 4.93. The summed E-state index contributed by atoms with van der Waals surface area (Å²) in [5.74, 6) is 0.0730. The van der Waals surface area contributed by atoms with Crippen molar-refractivity contribution >= 4 is 11.4 Å². The van der Waals surface area contributed by atoms with Crippen molar-refractivity contribution in [2.75, 3.05) is 12.0 Å². The number of nitro groups is 1. The van der Waals surface area contributed by atoms with Crippen LogP contribution in [0, 0.1) is 10.1 Å². The second kappa shape index (κ2) is 5.65. The first-order chi connectivity index (χ1) is 8.38. The lowest BCUT2D eigenvalue weighted by atomic mass is 10.2. The molecule has 7 heteroatoms. The zero-order chi connectivity index (χ0) is 13.9. The Labute approximate surface area is 104 Å². The lowest BCUT2D eigenvalue weighted by Gasteiger charge is -2.30. The Morgan fingerprint density at radius 3 is 2.28 bits per heavy atom. The molecule has 0 saturated carbocycles. The summed E-state index contributed by atoms with van der Waals surface area (Å²) in [6, 6.07) is 4.11. The first-order valence-corrected chi connectivity index (χ1v) is 5.35. The molecule has 2 atom stereocenters. The van der Waals surface area contributed by atoms with Gasteiger partial charge in [-0.05, 0) is 19.9 Å². The second-order valence-corrected chi connectivity index (χ2v) is 3.78. The van der Waals surface area contributed by atoms with Crippen LogP contribution in [-0.2, 0) is 0 Å². The molecule has 2 unspecified atom stereocenters. The topological polar surface area (TPSA) is 96.1 Å². The fourth-order valence-electron chi connectivity index (χ4n) is 1.72. The predicted molar refractivity (Wildman–Crippen MR) is 65.5 cm³/mol. The van der Waals surface area contributed by atoms with Crippen molar-refractivity contribution in [1.29, 1.82) is 0 Å². The molecule has 1 rings (SSSR count). The number of benzene rings is 1. The summed E-state index contributed by atoms with van der Waals surface area (Å²) in [6.07, 6.45) is -1.87. The lowest BCUT2D eigenvalue weighted by Crippen LogP contribution is -2.40. The largest absolute Gasteiger partial charge is 0.490 e. The van der Waals surface area contributed by atoms with Crippen molar-refractivity contribution in [3.8, 4) is 5.75 Å². The molecular weight excluding hydrogens is 240 g/mol. The van der Waals surface area contributed by atoms with Crippen LogP contribution in [0.25, 0.3) is 0 Å². The van der Waals surface area contributed by atoms with Gasteiger partial charge < -0.3 is 19.8 Å². The summed E-state index contributed by atoms with van der Waals surface area (Å²) in [5.41, 5.74) is 0.264. The highest BCUT2D eigenvalue weighted by atomic mass is 16.6. The second-order valence-electron chi connectivity index (χ2n) is 3.78. The molecular formula is C11H16N2O5. The van der Waals surface area contributed by atoms with Crippen LogP contribution in [0.1, 0.15) is 13.8 Å². The first kappa shape index (κ1) is 14.2. The molecule has 100 valence electrons. The number of nitro benzene ring substituents is 1. The monoisotopic (exact) mass is 256 g/mol. The molecule has 0 radical (unpaired) electrons. The van der Waals surface area contributed by atoms with E-state index in [2.05, 4.69) is 0 Å². The van der Waals surface area contributed by atoms with Gasteiger partial charge in [-0.25, -0.2) is 0 Å². The summed E-state index contributed by atoms with van der Waals surface area (Å²) >= 11 is 0. The summed E-state index contributed by atoms with van der Waals surface area (Å²) in [6.45, 7) is 2.97. The van der Waals surface area contributed by atoms with Gasteiger partial charge >= 0.3 is 5.69 Å². The van der Waals surface area contributed by atoms with E-state index in [0.717, 1.165) is 0 Å². The van der Waals surface area contributed by atoms with E-state index in [4.69, 9.17) is 4.74 Å². The van der Waals surface area contributed by atoms with Crippen molar-refractivity contribution in [2.24, 2.45) is 0 Å². The van der Waals surface area contributed by atoms with Gasteiger partial charge in [-0.2, -0.15) is 0 Å². The standard InChI is InChI=1S/C11H16N2O5/c1-7(14)12(8(2)15)9-4-5-10(13(16)17)11(6-9)18-3/h4-8,14-15H,1-3H3. The van der Waals surface area contributed by atoms with Gasteiger partial charge in [-0.3, -0.25) is 10.1 Å². The average Bonchev–Trinajstić information content (AvgIpc) is 2.27. The van der Waals surface area contributed by atoms with Gasteiger partial charge in [0.25, 0.3) is 0 Å². The Balaban J connectivity index is 3.22. The van der Waals surface area contributed by atoms with E-state index < -0.39 is 17.4 Å². The Hall–Kier alpha value is -1.86. The molecule has 0 aliphatic heterocycles. The van der Waals surface area contributed by atoms with Crippen LogP contribution in [0.5, 0.6) is 5.75 Å². The van der Waals surface area contributed by atoms with E-state index in [1.807, 2.05) is 0 Å². The molecule has 2 N–H and O–H groups in total. The summed E-state index contributed by atoms with van der Waals surface area (Å²) in [5, 5.41) is 29.9. The normalized spacial score (nSPS) is 13.8. The van der Waals surface area contributed by atoms with Crippen LogP contribution < -0.4 is 9.64 Å². The minimum atomic E-state index is -0.934. The number of hydrogen-bond donors (Lipinski definition) is 2. The van der Waals surface area contributed by atoms with Gasteiger partial charge in [0, 0.05) is 17.8 Å². The maximum Gasteiger partial charge on any atom is 0.311 e. The third-order valence-electron chi connectivity index (χ3n) is 2.46. The minimum Gasteiger partial charge on any atom is -0.490 e. The van der Waals surface area contributed by atoms with Gasteiger partial charge in [0.15, 0.2) is 5.75 Å². The maximum absolute atomic E-state index is 10.7. The molecule has 18 heavy (non-hydrogen) atoms. The molecule has 1 aromatic carbocycles. The van der Waals surface area contributed by atoms with Crippen LogP contribution in [0.15, 0.2) is 18.2 Å². The number of ether oxygens (including phenoxy) is 1. The zero-order valence-electron chi connectivity index (χ0n) is 10.4. The molecule has 0 saturated heterocycles. The van der Waals surface area contributed by atoms with E-state index in [1.54, 1.807) is 0 Å². The van der Waals surface area contributed by atoms with Crippen LogP contribution in [0.2, 0.25) is 0 Å². The molecule has 0 aliphatic rings. The van der Waals surface area contributed by atoms with Gasteiger partial charge in [0.05, 0.1) is 12.0 Å². The Morgan fingerprint density at radius 1 is 1.33 bits per heavy atom. The van der Waals surface area contributed by atoms with Gasteiger partial charge in [0.1, 0.15) is 12.5 Å². The molecule has 0 spiro atoms. The first-order valence-electron chi connectivity index (χ1n) is 5.35. The molecule has 0 fully saturated rings. The summed E-state index contributed by atoms with van der Waals surface area (Å²) in [4.78, 5) is 11.5. The number of aliphatic hydroxyl groups excluding tert-OH is 2. The number of aliphatic hydroxyl groups is 2. The van der Waals surface area contributed by atoms with Crippen LogP contribution >= 0.6 is 0 Å². The van der Waals surface area contributed by atoms with E-state index in [0.29, 0.717) is 5.69 Å². The van der Waals surface area contributed by atoms with Gasteiger partial charge in [-0.15, -0.1) is 0 Å². The van der Waals surface area contributed by atoms with E-state index in [1.165, 1.54) is 44.1 Å². The van der Waals surface area contributed by atoms with Crippen molar-refractivity contribution in [2.45, 2.75) is 26.3 Å². The number of rotatable bonds is 5. The zero-order valence-corrected chi connectivity index (χ0v) is 10.4. The lowest BCUT2D eigenvalue weighted by molar-refractivity contribution is -0.385. The molecule has 0 bridgehead atoms. The van der Waals surface area contributed by atoms with E-state index >= 15 is 0 Å². The van der Waals surface area contributed by atoms with Crippen molar-refractivity contribution in [3.63, 3.8) is 0 Å². The molecule has 0 aliphatic carbocycles. The highest BCUT2D eigenvalue weighted by Crippen LogP contribution is 2.32. The fraction of sp³-hybridized carbons (Fsp3) is 0.455. The SMILES string of the molecule is COc1cc(N(C(C)O)C(C)O)ccc1[N+](=O)[O-]. The van der Waals surface area contributed by atoms with E-state index in [9.17, 15) is 20.3 Å². The van der Waals surface area contributed by atoms with E-state index in [-0.39, 0.29) is 11.4 Å². The van der Waals surface area contributed by atoms with Crippen molar-refractivity contribution in [1.82, 2.24) is 0 Å². The quantitative estimate of drug-likeness (QED) is 0.465. The average molecular weight is 256 g/mol. The molecule has 7 nitrogen and oxygen atoms in total. The predicted octanol–water partition coefficient (Wildman–Crippen LogP) is 1.09. The minimum absolute atomic E-state index is 0.0730. The summed E-state index contributed by atoms with van der Waals surface area (Å²) in [7, 11) is 1.32. The van der Waals surface area contributed by atoms with Gasteiger partial charge in [0.2, 0.25) is 0 Å². The maximum atomic E-state index is 10.7. The van der Waals surface area contributed by atoms with Crippen molar-refractivity contribution < 1.29 is 19.9 Å². The molecule has 0 heterocycles. The smallest absolute Gasteiger partial charge is 0.311 e. The third-order valence-corrected chi connectivity index (χ3v) is 2.46. The third kappa shape index (κ3) is 2.88. The highest BCUT2D eigenvalue weighted by molar-refractivity contribution is 5.59. The number of anilines is 1. The Kier molecular flexibility index (Phi) is 4.46.